The largest absolute Gasteiger partial charge is 0.334 e. The molecule has 0 N–H and O–H groups in total. The van der Waals surface area contributed by atoms with Crippen LogP contribution in [0.3, 0.4) is 0 Å². The molecular formula is C19H19N5OS. The molecule has 3 aromatic heterocycles. The number of hydrogen-bond acceptors (Lipinski definition) is 5. The third-order valence-electron chi connectivity index (χ3n) is 5.37. The van der Waals surface area contributed by atoms with Gasteiger partial charge in [-0.05, 0) is 36.4 Å². The van der Waals surface area contributed by atoms with E-state index in [-0.39, 0.29) is 18.0 Å². The summed E-state index contributed by atoms with van der Waals surface area (Å²) in [6.45, 7) is 0.763. The molecule has 132 valence electrons. The molecule has 5 heterocycles. The van der Waals surface area contributed by atoms with E-state index in [1.165, 1.54) is 0 Å². The van der Waals surface area contributed by atoms with Gasteiger partial charge < -0.3 is 9.47 Å². The zero-order valence-corrected chi connectivity index (χ0v) is 15.1. The summed E-state index contributed by atoms with van der Waals surface area (Å²) in [4.78, 5) is 20.4. The van der Waals surface area contributed by atoms with Crippen molar-refractivity contribution in [1.29, 1.82) is 0 Å². The number of hydrogen-bond donors (Lipinski definition) is 0. The van der Waals surface area contributed by atoms with E-state index in [2.05, 4.69) is 24.6 Å². The summed E-state index contributed by atoms with van der Waals surface area (Å²) in [5, 5.41) is 10.9. The predicted octanol–water partition coefficient (Wildman–Crippen LogP) is 2.56. The maximum atomic E-state index is 13.0. The lowest BCUT2D eigenvalue weighted by Gasteiger charge is -2.28. The van der Waals surface area contributed by atoms with Gasteiger partial charge in [0.25, 0.3) is 0 Å². The van der Waals surface area contributed by atoms with E-state index in [0.29, 0.717) is 6.42 Å². The number of rotatable bonds is 3. The Morgan fingerprint density at radius 3 is 2.92 bits per heavy atom. The Morgan fingerprint density at radius 1 is 1.19 bits per heavy atom. The van der Waals surface area contributed by atoms with Crippen molar-refractivity contribution >= 4 is 17.2 Å². The smallest absolute Gasteiger partial charge is 0.228 e. The molecule has 6 nitrogen and oxygen atoms in total. The van der Waals surface area contributed by atoms with Crippen molar-refractivity contribution in [2.24, 2.45) is 0 Å². The maximum Gasteiger partial charge on any atom is 0.228 e. The molecule has 26 heavy (non-hydrogen) atoms. The SMILES string of the molecule is O=C(Cc1cccs1)N1[C@@H]2CC[C@H]1Cc1nnc(-c3cccnc3)n1C2. The Hall–Kier alpha value is -2.54. The molecule has 0 saturated carbocycles. The second kappa shape index (κ2) is 6.32. The Labute approximate surface area is 155 Å². The first-order chi connectivity index (χ1) is 12.8. The van der Waals surface area contributed by atoms with Crippen molar-refractivity contribution in [3.8, 4) is 11.4 Å². The quantitative estimate of drug-likeness (QED) is 0.716. The minimum absolute atomic E-state index is 0.222. The van der Waals surface area contributed by atoms with E-state index in [0.717, 1.165) is 47.9 Å². The van der Waals surface area contributed by atoms with Crippen LogP contribution in [0.1, 0.15) is 23.5 Å². The van der Waals surface area contributed by atoms with Crippen LogP contribution in [0.25, 0.3) is 11.4 Å². The second-order valence-corrected chi connectivity index (χ2v) is 7.97. The molecule has 5 rings (SSSR count). The molecule has 0 spiro atoms. The number of nitrogens with zero attached hydrogens (tertiary/aromatic N) is 5. The number of aromatic nitrogens is 4. The van der Waals surface area contributed by atoms with Gasteiger partial charge in [0.2, 0.25) is 5.91 Å². The lowest BCUT2D eigenvalue weighted by molar-refractivity contribution is -0.133. The van der Waals surface area contributed by atoms with Gasteiger partial charge in [0.05, 0.1) is 12.5 Å². The molecule has 1 amide bonds. The Balaban J connectivity index is 1.44. The van der Waals surface area contributed by atoms with Gasteiger partial charge in [-0.2, -0.15) is 0 Å². The molecule has 2 bridgehead atoms. The van der Waals surface area contributed by atoms with Crippen molar-refractivity contribution in [3.05, 3.63) is 52.7 Å². The Bertz CT molecular complexity index is 921. The molecular weight excluding hydrogens is 346 g/mol. The molecule has 7 heteroatoms. The van der Waals surface area contributed by atoms with Crippen molar-refractivity contribution < 1.29 is 4.79 Å². The highest BCUT2D eigenvalue weighted by Gasteiger charge is 2.41. The van der Waals surface area contributed by atoms with Crippen LogP contribution in [-0.2, 0) is 24.2 Å². The molecule has 0 aromatic carbocycles. The van der Waals surface area contributed by atoms with Gasteiger partial charge in [-0.3, -0.25) is 9.78 Å². The average molecular weight is 365 g/mol. The molecule has 3 aromatic rings. The van der Waals surface area contributed by atoms with Gasteiger partial charge in [0.1, 0.15) is 5.82 Å². The second-order valence-electron chi connectivity index (χ2n) is 6.94. The van der Waals surface area contributed by atoms with Crippen LogP contribution in [0.2, 0.25) is 0 Å². The van der Waals surface area contributed by atoms with E-state index in [1.54, 1.807) is 17.5 Å². The van der Waals surface area contributed by atoms with Gasteiger partial charge in [-0.1, -0.05) is 6.07 Å². The van der Waals surface area contributed by atoms with Crippen molar-refractivity contribution in [2.75, 3.05) is 0 Å². The highest BCUT2D eigenvalue weighted by atomic mass is 32.1. The normalized spacial score (nSPS) is 21.5. The summed E-state index contributed by atoms with van der Waals surface area (Å²) >= 11 is 1.65. The molecule has 1 fully saturated rings. The Morgan fingerprint density at radius 2 is 2.12 bits per heavy atom. The van der Waals surface area contributed by atoms with Crippen LogP contribution < -0.4 is 0 Å². The summed E-state index contributed by atoms with van der Waals surface area (Å²) in [6.07, 6.45) is 6.96. The van der Waals surface area contributed by atoms with Crippen LogP contribution in [0.4, 0.5) is 0 Å². The highest BCUT2D eigenvalue weighted by molar-refractivity contribution is 7.10. The van der Waals surface area contributed by atoms with E-state index in [9.17, 15) is 4.79 Å². The van der Waals surface area contributed by atoms with E-state index >= 15 is 0 Å². The zero-order chi connectivity index (χ0) is 17.5. The van der Waals surface area contributed by atoms with Crippen LogP contribution in [0.15, 0.2) is 42.0 Å². The van der Waals surface area contributed by atoms with Crippen LogP contribution in [0.5, 0.6) is 0 Å². The summed E-state index contributed by atoms with van der Waals surface area (Å²) in [7, 11) is 0. The number of thiophene rings is 1. The van der Waals surface area contributed by atoms with E-state index < -0.39 is 0 Å². The fraction of sp³-hybridized carbons (Fsp3) is 0.368. The molecule has 2 atom stereocenters. The van der Waals surface area contributed by atoms with Crippen molar-refractivity contribution in [2.45, 2.75) is 44.3 Å². The molecule has 1 saturated heterocycles. The summed E-state index contributed by atoms with van der Waals surface area (Å²) < 4.78 is 2.19. The van der Waals surface area contributed by atoms with Gasteiger partial charge >= 0.3 is 0 Å². The minimum Gasteiger partial charge on any atom is -0.334 e. The van der Waals surface area contributed by atoms with Crippen LogP contribution in [-0.4, -0.2) is 42.6 Å². The predicted molar refractivity (Wildman–Crippen MR) is 98.6 cm³/mol. The topological polar surface area (TPSA) is 63.9 Å². The monoisotopic (exact) mass is 365 g/mol. The number of carbonyl (C=O) groups excluding carboxylic acids is 1. The van der Waals surface area contributed by atoms with Gasteiger partial charge in [0, 0.05) is 41.8 Å². The van der Waals surface area contributed by atoms with Crippen LogP contribution in [0, 0.1) is 0 Å². The molecule has 0 radical (unpaired) electrons. The zero-order valence-electron chi connectivity index (χ0n) is 14.3. The third kappa shape index (κ3) is 2.63. The first-order valence-corrected chi connectivity index (χ1v) is 9.83. The third-order valence-corrected chi connectivity index (χ3v) is 6.25. The van der Waals surface area contributed by atoms with Gasteiger partial charge in [0.15, 0.2) is 5.82 Å². The number of carbonyl (C=O) groups is 1. The fourth-order valence-electron chi connectivity index (χ4n) is 4.21. The molecule has 0 aliphatic carbocycles. The summed E-state index contributed by atoms with van der Waals surface area (Å²) in [6, 6.07) is 8.42. The number of pyridine rings is 1. The minimum atomic E-state index is 0.222. The number of amides is 1. The maximum absolute atomic E-state index is 13.0. The van der Waals surface area contributed by atoms with Gasteiger partial charge in [-0.15, -0.1) is 21.5 Å². The molecule has 2 aliphatic heterocycles. The van der Waals surface area contributed by atoms with Crippen molar-refractivity contribution in [1.82, 2.24) is 24.6 Å². The first-order valence-electron chi connectivity index (χ1n) is 8.95. The highest BCUT2D eigenvalue weighted by Crippen LogP contribution is 2.33. The fourth-order valence-corrected chi connectivity index (χ4v) is 4.91. The average Bonchev–Trinajstić information content (AvgIpc) is 3.35. The standard InChI is InChI=1S/C19H19N5OS/c25-18(10-16-4-2-8-26-16)24-14-5-6-15(24)12-23-17(9-14)21-22-19(23)13-3-1-7-20-11-13/h1-4,7-8,11,14-15H,5-6,9-10,12H2/t14-,15+/m0/s1. The van der Waals surface area contributed by atoms with E-state index in [4.69, 9.17) is 0 Å². The molecule has 0 unspecified atom stereocenters. The van der Waals surface area contributed by atoms with Gasteiger partial charge in [-0.25, -0.2) is 0 Å². The van der Waals surface area contributed by atoms with Crippen LogP contribution >= 0.6 is 11.3 Å². The summed E-state index contributed by atoms with van der Waals surface area (Å²) in [5.74, 6) is 2.07. The Kier molecular flexibility index (Phi) is 3.81. The first kappa shape index (κ1) is 15.7. The lowest BCUT2D eigenvalue weighted by Crippen LogP contribution is -2.42. The summed E-state index contributed by atoms with van der Waals surface area (Å²) in [5.41, 5.74) is 0.973. The van der Waals surface area contributed by atoms with E-state index in [1.807, 2.05) is 35.8 Å². The van der Waals surface area contributed by atoms with Crippen molar-refractivity contribution in [3.63, 3.8) is 0 Å². The lowest BCUT2D eigenvalue weighted by atomic mass is 10.1. The molecule has 2 aliphatic rings. The number of fused-ring (bicyclic) bond motifs is 3.